The molecule has 0 N–H and O–H groups in total. The highest BCUT2D eigenvalue weighted by atomic mass is 35.5. The van der Waals surface area contributed by atoms with Gasteiger partial charge in [-0.05, 0) is 43.7 Å². The second kappa shape index (κ2) is 7.30. The zero-order chi connectivity index (χ0) is 18.0. The quantitative estimate of drug-likeness (QED) is 0.467. The van der Waals surface area contributed by atoms with Gasteiger partial charge in [-0.15, -0.1) is 0 Å². The Hall–Kier alpha value is -2.30. The average Bonchev–Trinajstić information content (AvgIpc) is 2.57. The maximum absolute atomic E-state index is 12.2. The minimum absolute atomic E-state index is 0.183. The van der Waals surface area contributed by atoms with Gasteiger partial charge in [0.05, 0.1) is 10.0 Å². The lowest BCUT2D eigenvalue weighted by Crippen LogP contribution is -2.18. The molecule has 0 unspecified atom stereocenters. The van der Waals surface area contributed by atoms with Crippen molar-refractivity contribution in [1.82, 2.24) is 4.98 Å². The number of rotatable bonds is 4. The highest BCUT2D eigenvalue weighted by molar-refractivity contribution is 6.39. The number of hydrogen-bond acceptors (Lipinski definition) is 4. The number of aromatic nitrogens is 1. The van der Waals surface area contributed by atoms with Crippen LogP contribution in [-0.2, 0) is 4.79 Å². The molecular formula is C19H15Cl2NO3. The Morgan fingerprint density at radius 1 is 1.08 bits per heavy atom. The molecule has 0 amide bonds. The molecule has 3 rings (SSSR count). The fourth-order valence-electron chi connectivity index (χ4n) is 2.39. The lowest BCUT2D eigenvalue weighted by molar-refractivity contribution is -0.136. The fourth-order valence-corrected chi connectivity index (χ4v) is 2.94. The van der Waals surface area contributed by atoms with Crippen molar-refractivity contribution in [2.24, 2.45) is 0 Å². The molecule has 6 heteroatoms. The Bertz CT molecular complexity index is 957. The van der Waals surface area contributed by atoms with Crippen LogP contribution in [0, 0.1) is 13.8 Å². The zero-order valence-corrected chi connectivity index (χ0v) is 15.2. The normalized spacial score (nSPS) is 10.7. The smallest absolute Gasteiger partial charge is 0.349 e. The largest absolute Gasteiger partial charge is 0.482 e. The topological polar surface area (TPSA) is 48.4 Å². The van der Waals surface area contributed by atoms with Gasteiger partial charge >= 0.3 is 5.97 Å². The van der Waals surface area contributed by atoms with Crippen molar-refractivity contribution in [3.63, 3.8) is 0 Å². The Kier molecular flexibility index (Phi) is 5.11. The van der Waals surface area contributed by atoms with Gasteiger partial charge in [-0.2, -0.15) is 0 Å². The van der Waals surface area contributed by atoms with Crippen LogP contribution in [0.15, 0.2) is 42.5 Å². The van der Waals surface area contributed by atoms with E-state index in [1.807, 2.05) is 44.2 Å². The van der Waals surface area contributed by atoms with Gasteiger partial charge in [0, 0.05) is 11.1 Å². The van der Waals surface area contributed by atoms with E-state index in [0.29, 0.717) is 21.7 Å². The van der Waals surface area contributed by atoms with Crippen molar-refractivity contribution in [1.29, 1.82) is 0 Å². The SMILES string of the molecule is Cc1ccc2c(Cl)cc(Cl)c(OC(=O)COc3ccccc3C)c2n1. The summed E-state index contributed by atoms with van der Waals surface area (Å²) in [5, 5.41) is 1.34. The molecule has 1 aromatic heterocycles. The molecule has 0 bridgehead atoms. The van der Waals surface area contributed by atoms with Crippen LogP contribution in [0.3, 0.4) is 0 Å². The van der Waals surface area contributed by atoms with E-state index in [2.05, 4.69) is 4.98 Å². The van der Waals surface area contributed by atoms with E-state index >= 15 is 0 Å². The first-order valence-electron chi connectivity index (χ1n) is 7.60. The summed E-state index contributed by atoms with van der Waals surface area (Å²) in [6, 6.07) is 12.6. The molecule has 0 aliphatic carbocycles. The van der Waals surface area contributed by atoms with Crippen molar-refractivity contribution in [3.05, 3.63) is 63.8 Å². The first kappa shape index (κ1) is 17.5. The van der Waals surface area contributed by atoms with Crippen molar-refractivity contribution < 1.29 is 14.3 Å². The first-order valence-corrected chi connectivity index (χ1v) is 8.36. The molecule has 0 aliphatic rings. The third-order valence-electron chi connectivity index (χ3n) is 3.63. The maximum atomic E-state index is 12.2. The molecule has 128 valence electrons. The van der Waals surface area contributed by atoms with Crippen LogP contribution in [0.1, 0.15) is 11.3 Å². The molecule has 3 aromatic rings. The van der Waals surface area contributed by atoms with E-state index in [1.54, 1.807) is 6.07 Å². The van der Waals surface area contributed by atoms with Crippen molar-refractivity contribution >= 4 is 40.1 Å². The summed E-state index contributed by atoms with van der Waals surface area (Å²) in [5.41, 5.74) is 2.14. The van der Waals surface area contributed by atoms with Crippen LogP contribution in [-0.4, -0.2) is 17.6 Å². The maximum Gasteiger partial charge on any atom is 0.349 e. The van der Waals surface area contributed by atoms with Gasteiger partial charge in [0.2, 0.25) is 0 Å². The molecule has 1 heterocycles. The Morgan fingerprint density at radius 3 is 2.60 bits per heavy atom. The number of para-hydroxylation sites is 1. The van der Waals surface area contributed by atoms with Crippen molar-refractivity contribution in [3.8, 4) is 11.5 Å². The standard InChI is InChI=1S/C19H15Cl2NO3/c1-11-5-3-4-6-16(11)24-10-17(23)25-19-15(21)9-14(20)13-8-7-12(2)22-18(13)19/h3-9H,10H2,1-2H3. The molecule has 0 fully saturated rings. The number of pyridine rings is 1. The number of benzene rings is 2. The van der Waals surface area contributed by atoms with Crippen molar-refractivity contribution in [2.75, 3.05) is 6.61 Å². The number of halogens is 2. The number of nitrogens with zero attached hydrogens (tertiary/aromatic N) is 1. The number of carbonyl (C=O) groups is 1. The summed E-state index contributed by atoms with van der Waals surface area (Å²) >= 11 is 12.4. The molecule has 0 radical (unpaired) electrons. The number of hydrogen-bond donors (Lipinski definition) is 0. The average molecular weight is 376 g/mol. The predicted octanol–water partition coefficient (Wildman–Crippen LogP) is 5.14. The van der Waals surface area contributed by atoms with Crippen LogP contribution < -0.4 is 9.47 Å². The Labute approximate surface area is 155 Å². The molecule has 0 aliphatic heterocycles. The molecule has 4 nitrogen and oxygen atoms in total. The molecule has 0 saturated carbocycles. The highest BCUT2D eigenvalue weighted by Crippen LogP contribution is 2.37. The molecular weight excluding hydrogens is 361 g/mol. The summed E-state index contributed by atoms with van der Waals surface area (Å²) in [6.45, 7) is 3.50. The van der Waals surface area contributed by atoms with E-state index in [9.17, 15) is 4.79 Å². The Balaban J connectivity index is 1.84. The van der Waals surface area contributed by atoms with Crippen LogP contribution in [0.25, 0.3) is 10.9 Å². The van der Waals surface area contributed by atoms with Gasteiger partial charge < -0.3 is 9.47 Å². The number of esters is 1. The second-order valence-electron chi connectivity index (χ2n) is 5.55. The van der Waals surface area contributed by atoms with Gasteiger partial charge in [-0.25, -0.2) is 9.78 Å². The van der Waals surface area contributed by atoms with Gasteiger partial charge in [-0.1, -0.05) is 41.4 Å². The van der Waals surface area contributed by atoms with Crippen LogP contribution in [0.2, 0.25) is 10.0 Å². The summed E-state index contributed by atoms with van der Waals surface area (Å²) in [7, 11) is 0. The van der Waals surface area contributed by atoms with Gasteiger partial charge in [-0.3, -0.25) is 0 Å². The highest BCUT2D eigenvalue weighted by Gasteiger charge is 2.17. The van der Waals surface area contributed by atoms with E-state index in [-0.39, 0.29) is 17.4 Å². The third-order valence-corrected chi connectivity index (χ3v) is 4.23. The minimum Gasteiger partial charge on any atom is -0.482 e. The van der Waals surface area contributed by atoms with Crippen LogP contribution in [0.4, 0.5) is 0 Å². The van der Waals surface area contributed by atoms with E-state index in [4.69, 9.17) is 32.7 Å². The monoisotopic (exact) mass is 375 g/mol. The summed E-state index contributed by atoms with van der Waals surface area (Å²) < 4.78 is 10.9. The fraction of sp³-hybridized carbons (Fsp3) is 0.158. The zero-order valence-electron chi connectivity index (χ0n) is 13.7. The predicted molar refractivity (Wildman–Crippen MR) is 98.8 cm³/mol. The second-order valence-corrected chi connectivity index (χ2v) is 6.36. The van der Waals surface area contributed by atoms with Gasteiger partial charge in [0.25, 0.3) is 0 Å². The number of ether oxygens (including phenoxy) is 2. The van der Waals surface area contributed by atoms with E-state index in [0.717, 1.165) is 11.3 Å². The van der Waals surface area contributed by atoms with Crippen molar-refractivity contribution in [2.45, 2.75) is 13.8 Å². The first-order chi connectivity index (χ1) is 12.0. The van der Waals surface area contributed by atoms with Crippen LogP contribution >= 0.6 is 23.2 Å². The van der Waals surface area contributed by atoms with E-state index < -0.39 is 5.97 Å². The summed E-state index contributed by atoms with van der Waals surface area (Å²) in [4.78, 5) is 16.6. The number of carbonyl (C=O) groups excluding carboxylic acids is 1. The molecule has 2 aromatic carbocycles. The molecule has 25 heavy (non-hydrogen) atoms. The lowest BCUT2D eigenvalue weighted by atomic mass is 10.2. The van der Waals surface area contributed by atoms with Gasteiger partial charge in [0.15, 0.2) is 12.4 Å². The minimum atomic E-state index is -0.572. The van der Waals surface area contributed by atoms with E-state index in [1.165, 1.54) is 6.07 Å². The molecule has 0 saturated heterocycles. The third kappa shape index (κ3) is 3.86. The Morgan fingerprint density at radius 2 is 1.84 bits per heavy atom. The molecule has 0 spiro atoms. The summed E-state index contributed by atoms with van der Waals surface area (Å²) in [5.74, 6) is 0.237. The number of fused-ring (bicyclic) bond motifs is 1. The summed E-state index contributed by atoms with van der Waals surface area (Å²) in [6.07, 6.45) is 0. The lowest BCUT2D eigenvalue weighted by Gasteiger charge is -2.12. The molecule has 0 atom stereocenters. The number of aryl methyl sites for hydroxylation is 2. The van der Waals surface area contributed by atoms with Crippen LogP contribution in [0.5, 0.6) is 11.5 Å². The van der Waals surface area contributed by atoms with Gasteiger partial charge in [0.1, 0.15) is 11.3 Å².